The van der Waals surface area contributed by atoms with Crippen LogP contribution >= 0.6 is 0 Å². The van der Waals surface area contributed by atoms with Gasteiger partial charge in [-0.1, -0.05) is 70.9 Å². The van der Waals surface area contributed by atoms with Gasteiger partial charge in [-0.3, -0.25) is 9.59 Å². The number of ether oxygens (including phenoxy) is 3. The standard InChI is InChI=1S/C28H50O9/c1-4-6-8-10-11-13-15-17-22(37-28-27(34)26(33)25(32)20(3)35-28)19-24(31)36-21(18-23(29)30)16-14-12-9-7-5-2/h13,15,20-22,25-28,32-34H,4-12,14,16-19H2,1-3H3,(H,29,30)/b15-13-/t20-,21?,22?,25-,26+,27+,28-/m0/s1. The Bertz CT molecular complexity index is 654. The van der Waals surface area contributed by atoms with E-state index in [1.165, 1.54) is 6.42 Å². The molecule has 0 aromatic rings. The molecule has 0 radical (unpaired) electrons. The average molecular weight is 531 g/mol. The minimum absolute atomic E-state index is 0.161. The fourth-order valence-corrected chi connectivity index (χ4v) is 4.35. The van der Waals surface area contributed by atoms with Gasteiger partial charge in [0.1, 0.15) is 24.4 Å². The van der Waals surface area contributed by atoms with Crippen molar-refractivity contribution in [3.8, 4) is 0 Å². The summed E-state index contributed by atoms with van der Waals surface area (Å²) in [6.07, 6.45) is 7.26. The number of carbonyl (C=O) groups is 2. The number of unbranched alkanes of at least 4 members (excludes halogenated alkanes) is 8. The Morgan fingerprint density at radius 3 is 2.14 bits per heavy atom. The van der Waals surface area contributed by atoms with E-state index in [1.807, 2.05) is 12.2 Å². The van der Waals surface area contributed by atoms with Crippen molar-refractivity contribution in [1.29, 1.82) is 0 Å². The number of aliphatic hydroxyl groups is 3. The highest BCUT2D eigenvalue weighted by molar-refractivity contribution is 5.72. The summed E-state index contributed by atoms with van der Waals surface area (Å²) in [6.45, 7) is 5.84. The number of allylic oxidation sites excluding steroid dienone is 1. The first-order chi connectivity index (χ1) is 17.7. The van der Waals surface area contributed by atoms with E-state index in [1.54, 1.807) is 6.92 Å². The van der Waals surface area contributed by atoms with Crippen molar-refractivity contribution in [2.75, 3.05) is 0 Å². The van der Waals surface area contributed by atoms with Crippen LogP contribution in [0.1, 0.15) is 111 Å². The van der Waals surface area contributed by atoms with Crippen molar-refractivity contribution in [2.45, 2.75) is 154 Å². The molecule has 0 aromatic carbocycles. The van der Waals surface area contributed by atoms with Gasteiger partial charge < -0.3 is 34.6 Å². The molecule has 1 saturated heterocycles. The number of carboxylic acids is 1. The Morgan fingerprint density at radius 1 is 0.838 bits per heavy atom. The predicted octanol–water partition coefficient (Wildman–Crippen LogP) is 4.25. The van der Waals surface area contributed by atoms with Gasteiger partial charge >= 0.3 is 11.9 Å². The van der Waals surface area contributed by atoms with Gasteiger partial charge in [0.2, 0.25) is 0 Å². The van der Waals surface area contributed by atoms with Crippen molar-refractivity contribution in [3.05, 3.63) is 12.2 Å². The lowest BCUT2D eigenvalue weighted by Gasteiger charge is -2.40. The summed E-state index contributed by atoms with van der Waals surface area (Å²) in [6, 6.07) is 0. The van der Waals surface area contributed by atoms with Crippen LogP contribution in [-0.4, -0.2) is 75.3 Å². The molecule has 9 nitrogen and oxygen atoms in total. The molecule has 0 spiro atoms. The van der Waals surface area contributed by atoms with Crippen LogP contribution in [0.15, 0.2) is 12.2 Å². The molecule has 216 valence electrons. The summed E-state index contributed by atoms with van der Waals surface area (Å²) in [5, 5.41) is 39.6. The maximum absolute atomic E-state index is 12.8. The van der Waals surface area contributed by atoms with Crippen LogP contribution in [-0.2, 0) is 23.8 Å². The summed E-state index contributed by atoms with van der Waals surface area (Å²) >= 11 is 0. The SMILES string of the molecule is CCCCCC/C=C\CC(CC(=O)OC(CCCCCCC)CC(=O)O)O[C@@H]1O[C@@H](C)[C@H](O)[C@@H](O)[C@H]1O. The van der Waals surface area contributed by atoms with Crippen molar-refractivity contribution in [2.24, 2.45) is 0 Å². The molecule has 1 fully saturated rings. The first-order valence-corrected chi connectivity index (χ1v) is 14.1. The predicted molar refractivity (Wildman–Crippen MR) is 140 cm³/mol. The molecule has 2 unspecified atom stereocenters. The molecule has 0 saturated carbocycles. The lowest BCUT2D eigenvalue weighted by molar-refractivity contribution is -0.304. The molecule has 0 aromatic heterocycles. The Kier molecular flexibility index (Phi) is 17.7. The molecule has 1 heterocycles. The van der Waals surface area contributed by atoms with Gasteiger partial charge in [-0.25, -0.2) is 0 Å². The zero-order chi connectivity index (χ0) is 27.6. The van der Waals surface area contributed by atoms with E-state index in [4.69, 9.17) is 14.2 Å². The first kappa shape index (κ1) is 33.5. The van der Waals surface area contributed by atoms with Crippen LogP contribution in [0.3, 0.4) is 0 Å². The number of carbonyl (C=O) groups excluding carboxylic acids is 1. The molecular formula is C28H50O9. The number of rotatable bonds is 20. The summed E-state index contributed by atoms with van der Waals surface area (Å²) in [4.78, 5) is 24.1. The van der Waals surface area contributed by atoms with E-state index in [0.717, 1.165) is 57.8 Å². The van der Waals surface area contributed by atoms with Crippen LogP contribution in [0.4, 0.5) is 0 Å². The molecule has 1 rings (SSSR count). The second kappa shape index (κ2) is 19.5. The third kappa shape index (κ3) is 14.3. The topological polar surface area (TPSA) is 143 Å². The molecule has 0 bridgehead atoms. The number of hydrogen-bond donors (Lipinski definition) is 4. The Morgan fingerprint density at radius 2 is 1.49 bits per heavy atom. The molecule has 37 heavy (non-hydrogen) atoms. The van der Waals surface area contributed by atoms with Gasteiger partial charge in [-0.2, -0.15) is 0 Å². The van der Waals surface area contributed by atoms with Crippen LogP contribution in [0.2, 0.25) is 0 Å². The summed E-state index contributed by atoms with van der Waals surface area (Å²) < 4.78 is 17.0. The lowest BCUT2D eigenvalue weighted by Crippen LogP contribution is -2.58. The quantitative estimate of drug-likeness (QED) is 0.103. The molecule has 0 aliphatic carbocycles. The van der Waals surface area contributed by atoms with Gasteiger partial charge in [0.15, 0.2) is 6.29 Å². The third-order valence-corrected chi connectivity index (χ3v) is 6.65. The molecular weight excluding hydrogens is 480 g/mol. The molecule has 0 amide bonds. The largest absolute Gasteiger partial charge is 0.481 e. The molecule has 7 atom stereocenters. The summed E-state index contributed by atoms with van der Waals surface area (Å²) in [7, 11) is 0. The zero-order valence-electron chi connectivity index (χ0n) is 22.9. The van der Waals surface area contributed by atoms with Gasteiger partial charge in [-0.05, 0) is 39.0 Å². The highest BCUT2D eigenvalue weighted by Gasteiger charge is 2.43. The van der Waals surface area contributed by atoms with Gasteiger partial charge in [0.05, 0.1) is 25.0 Å². The fourth-order valence-electron chi connectivity index (χ4n) is 4.35. The van der Waals surface area contributed by atoms with Crippen molar-refractivity contribution >= 4 is 11.9 Å². The lowest BCUT2D eigenvalue weighted by atomic mass is 10.00. The van der Waals surface area contributed by atoms with Crippen molar-refractivity contribution in [1.82, 2.24) is 0 Å². The summed E-state index contributed by atoms with van der Waals surface area (Å²) in [5.74, 6) is -1.61. The molecule has 1 aliphatic heterocycles. The first-order valence-electron chi connectivity index (χ1n) is 14.1. The van der Waals surface area contributed by atoms with E-state index >= 15 is 0 Å². The van der Waals surface area contributed by atoms with Crippen molar-refractivity contribution in [3.63, 3.8) is 0 Å². The Balaban J connectivity index is 2.76. The minimum atomic E-state index is -1.48. The maximum atomic E-state index is 12.8. The van der Waals surface area contributed by atoms with E-state index in [2.05, 4.69) is 13.8 Å². The van der Waals surface area contributed by atoms with Gasteiger partial charge in [-0.15, -0.1) is 0 Å². The third-order valence-electron chi connectivity index (χ3n) is 6.65. The maximum Gasteiger partial charge on any atom is 0.308 e. The molecule has 1 aliphatic rings. The summed E-state index contributed by atoms with van der Waals surface area (Å²) in [5.41, 5.74) is 0. The number of esters is 1. The second-order valence-electron chi connectivity index (χ2n) is 10.1. The van der Waals surface area contributed by atoms with E-state index in [0.29, 0.717) is 12.8 Å². The fraction of sp³-hybridized carbons (Fsp3) is 0.857. The molecule has 4 N–H and O–H groups in total. The second-order valence-corrected chi connectivity index (χ2v) is 10.1. The van der Waals surface area contributed by atoms with Gasteiger partial charge in [0, 0.05) is 0 Å². The van der Waals surface area contributed by atoms with Crippen molar-refractivity contribution < 1.29 is 44.2 Å². The number of carboxylic acid groups (broad SMARTS) is 1. The zero-order valence-corrected chi connectivity index (χ0v) is 22.9. The Hall–Kier alpha value is -1.52. The number of hydrogen-bond acceptors (Lipinski definition) is 8. The van der Waals surface area contributed by atoms with E-state index in [9.17, 15) is 30.0 Å². The number of aliphatic carboxylic acids is 1. The Labute approximate surface area is 222 Å². The number of aliphatic hydroxyl groups excluding tert-OH is 3. The minimum Gasteiger partial charge on any atom is -0.481 e. The van der Waals surface area contributed by atoms with E-state index < -0.39 is 54.9 Å². The monoisotopic (exact) mass is 530 g/mol. The van der Waals surface area contributed by atoms with Crippen LogP contribution in [0.5, 0.6) is 0 Å². The normalized spacial score (nSPS) is 25.7. The highest BCUT2D eigenvalue weighted by atomic mass is 16.7. The average Bonchev–Trinajstić information content (AvgIpc) is 2.84. The van der Waals surface area contributed by atoms with E-state index in [-0.39, 0.29) is 12.8 Å². The van der Waals surface area contributed by atoms with Gasteiger partial charge in [0.25, 0.3) is 0 Å². The molecule has 9 heteroatoms. The van der Waals surface area contributed by atoms with Crippen LogP contribution in [0, 0.1) is 0 Å². The van der Waals surface area contributed by atoms with Crippen LogP contribution < -0.4 is 0 Å². The smallest absolute Gasteiger partial charge is 0.308 e. The highest BCUT2D eigenvalue weighted by Crippen LogP contribution is 2.25. The van der Waals surface area contributed by atoms with Crippen LogP contribution in [0.25, 0.3) is 0 Å².